The normalized spacial score (nSPS) is 18.3. The number of ether oxygens (including phenoxy) is 2. The Hall–Kier alpha value is -1.99. The van der Waals surface area contributed by atoms with Gasteiger partial charge in [0.25, 0.3) is 5.91 Å². The van der Waals surface area contributed by atoms with Gasteiger partial charge in [-0.1, -0.05) is 5.21 Å². The van der Waals surface area contributed by atoms with Crippen LogP contribution in [0.1, 0.15) is 16.8 Å². The van der Waals surface area contributed by atoms with Crippen molar-refractivity contribution in [2.75, 3.05) is 33.4 Å². The van der Waals surface area contributed by atoms with Gasteiger partial charge in [0.15, 0.2) is 0 Å². The van der Waals surface area contributed by atoms with Crippen molar-refractivity contribution in [3.63, 3.8) is 0 Å². The van der Waals surface area contributed by atoms with Crippen LogP contribution in [0.3, 0.4) is 0 Å². The highest BCUT2D eigenvalue weighted by atomic mass is 16.5. The smallest absolute Gasteiger partial charge is 0.254 e. The SMILES string of the molecule is COCCOC1CCN(C(=O)c2ccc3nnn(C)c3c2)C1. The summed E-state index contributed by atoms with van der Waals surface area (Å²) < 4.78 is 12.3. The molecule has 1 amide bonds. The molecule has 0 bridgehead atoms. The number of benzene rings is 1. The number of carbonyl (C=O) groups excluding carboxylic acids is 1. The molecular weight excluding hydrogens is 284 g/mol. The number of aryl methyl sites for hydroxylation is 1. The molecule has 1 aliphatic rings. The third-order valence-corrected chi connectivity index (χ3v) is 3.93. The molecule has 1 unspecified atom stereocenters. The molecule has 1 saturated heterocycles. The molecule has 1 fully saturated rings. The lowest BCUT2D eigenvalue weighted by Crippen LogP contribution is -2.30. The Kier molecular flexibility index (Phi) is 4.35. The number of amides is 1. The van der Waals surface area contributed by atoms with Gasteiger partial charge in [-0.2, -0.15) is 0 Å². The number of methoxy groups -OCH3 is 1. The van der Waals surface area contributed by atoms with Crippen LogP contribution in [0.4, 0.5) is 0 Å². The van der Waals surface area contributed by atoms with Crippen molar-refractivity contribution in [2.24, 2.45) is 7.05 Å². The summed E-state index contributed by atoms with van der Waals surface area (Å²) in [5, 5.41) is 7.98. The molecule has 0 N–H and O–H groups in total. The number of rotatable bonds is 5. The van der Waals surface area contributed by atoms with Crippen LogP contribution in [0.25, 0.3) is 11.0 Å². The molecule has 3 rings (SSSR count). The molecule has 22 heavy (non-hydrogen) atoms. The summed E-state index contributed by atoms with van der Waals surface area (Å²) in [4.78, 5) is 14.4. The fourth-order valence-electron chi connectivity index (χ4n) is 2.69. The maximum absolute atomic E-state index is 12.6. The lowest BCUT2D eigenvalue weighted by atomic mass is 10.1. The monoisotopic (exact) mass is 304 g/mol. The molecule has 0 saturated carbocycles. The molecule has 0 aliphatic carbocycles. The average molecular weight is 304 g/mol. The van der Waals surface area contributed by atoms with Gasteiger partial charge in [0, 0.05) is 32.8 Å². The average Bonchev–Trinajstić information content (AvgIpc) is 3.14. The maximum atomic E-state index is 12.6. The van der Waals surface area contributed by atoms with Crippen LogP contribution >= 0.6 is 0 Å². The van der Waals surface area contributed by atoms with Crippen molar-refractivity contribution in [3.8, 4) is 0 Å². The van der Waals surface area contributed by atoms with E-state index in [9.17, 15) is 4.79 Å². The number of aromatic nitrogens is 3. The molecule has 1 atom stereocenters. The van der Waals surface area contributed by atoms with Crippen LogP contribution in [-0.4, -0.2) is 65.3 Å². The third-order valence-electron chi connectivity index (χ3n) is 3.93. The van der Waals surface area contributed by atoms with Gasteiger partial charge in [-0.3, -0.25) is 4.79 Å². The zero-order chi connectivity index (χ0) is 15.5. The van der Waals surface area contributed by atoms with E-state index in [0.717, 1.165) is 24.0 Å². The summed E-state index contributed by atoms with van der Waals surface area (Å²) in [6, 6.07) is 5.48. The van der Waals surface area contributed by atoms with Gasteiger partial charge < -0.3 is 14.4 Å². The number of hydrogen-bond donors (Lipinski definition) is 0. The number of carbonyl (C=O) groups is 1. The Morgan fingerprint density at radius 3 is 3.09 bits per heavy atom. The van der Waals surface area contributed by atoms with Gasteiger partial charge >= 0.3 is 0 Å². The summed E-state index contributed by atoms with van der Waals surface area (Å²) >= 11 is 0. The number of nitrogens with zero attached hydrogens (tertiary/aromatic N) is 4. The van der Waals surface area contributed by atoms with E-state index in [-0.39, 0.29) is 12.0 Å². The molecule has 0 radical (unpaired) electrons. The van der Waals surface area contributed by atoms with Gasteiger partial charge in [-0.25, -0.2) is 4.68 Å². The third kappa shape index (κ3) is 2.95. The van der Waals surface area contributed by atoms with E-state index in [4.69, 9.17) is 9.47 Å². The molecular formula is C15H20N4O3. The van der Waals surface area contributed by atoms with Crippen LogP contribution in [-0.2, 0) is 16.5 Å². The highest BCUT2D eigenvalue weighted by Crippen LogP contribution is 2.18. The summed E-state index contributed by atoms with van der Waals surface area (Å²) in [7, 11) is 3.47. The van der Waals surface area contributed by atoms with Crippen molar-refractivity contribution < 1.29 is 14.3 Å². The minimum Gasteiger partial charge on any atom is -0.382 e. The molecule has 2 aromatic rings. The van der Waals surface area contributed by atoms with Crippen molar-refractivity contribution in [2.45, 2.75) is 12.5 Å². The van der Waals surface area contributed by atoms with Crippen molar-refractivity contribution in [3.05, 3.63) is 23.8 Å². The predicted octanol–water partition coefficient (Wildman–Crippen LogP) is 0.846. The number of hydrogen-bond acceptors (Lipinski definition) is 5. The minimum atomic E-state index is 0.0286. The van der Waals surface area contributed by atoms with Gasteiger partial charge in [-0.05, 0) is 24.6 Å². The van der Waals surface area contributed by atoms with Gasteiger partial charge in [0.1, 0.15) is 5.52 Å². The molecule has 2 heterocycles. The molecule has 1 aromatic heterocycles. The molecule has 0 spiro atoms. The number of fused-ring (bicyclic) bond motifs is 1. The first-order chi connectivity index (χ1) is 10.7. The maximum Gasteiger partial charge on any atom is 0.254 e. The Bertz CT molecular complexity index is 670. The highest BCUT2D eigenvalue weighted by Gasteiger charge is 2.27. The van der Waals surface area contributed by atoms with Crippen LogP contribution in [0, 0.1) is 0 Å². The first kappa shape index (κ1) is 14.9. The van der Waals surface area contributed by atoms with Crippen LogP contribution in [0.5, 0.6) is 0 Å². The largest absolute Gasteiger partial charge is 0.382 e. The zero-order valence-corrected chi connectivity index (χ0v) is 12.9. The summed E-state index contributed by atoms with van der Waals surface area (Å²) in [5.74, 6) is 0.0286. The Balaban J connectivity index is 1.66. The second-order valence-corrected chi connectivity index (χ2v) is 5.44. The van der Waals surface area contributed by atoms with Gasteiger partial charge in [0.05, 0.1) is 24.8 Å². The first-order valence-electron chi connectivity index (χ1n) is 7.38. The molecule has 7 heteroatoms. The minimum absolute atomic E-state index is 0.0286. The summed E-state index contributed by atoms with van der Waals surface area (Å²) in [6.07, 6.45) is 0.964. The standard InChI is InChI=1S/C15H20N4O3/c1-18-14-9-11(3-4-13(14)16-17-18)15(20)19-6-5-12(10-19)22-8-7-21-2/h3-4,9,12H,5-8,10H2,1-2H3. The van der Waals surface area contributed by atoms with E-state index in [0.29, 0.717) is 25.3 Å². The van der Waals surface area contributed by atoms with E-state index < -0.39 is 0 Å². The second kappa shape index (κ2) is 6.41. The molecule has 118 valence electrons. The van der Waals surface area contributed by atoms with Gasteiger partial charge in [0.2, 0.25) is 0 Å². The Morgan fingerprint density at radius 1 is 1.41 bits per heavy atom. The second-order valence-electron chi connectivity index (χ2n) is 5.44. The summed E-state index contributed by atoms with van der Waals surface area (Å²) in [6.45, 7) is 2.49. The zero-order valence-electron chi connectivity index (χ0n) is 12.9. The lowest BCUT2D eigenvalue weighted by molar-refractivity contribution is 0.0218. The van der Waals surface area contributed by atoms with E-state index in [1.807, 2.05) is 24.1 Å². The first-order valence-corrected chi connectivity index (χ1v) is 7.38. The fraction of sp³-hybridized carbons (Fsp3) is 0.533. The predicted molar refractivity (Wildman–Crippen MR) is 80.6 cm³/mol. The van der Waals surface area contributed by atoms with Gasteiger partial charge in [-0.15, -0.1) is 5.10 Å². The van der Waals surface area contributed by atoms with E-state index in [1.54, 1.807) is 17.9 Å². The Labute approximate surface area is 128 Å². The lowest BCUT2D eigenvalue weighted by Gasteiger charge is -2.17. The van der Waals surface area contributed by atoms with Crippen molar-refractivity contribution in [1.29, 1.82) is 0 Å². The number of likely N-dealkylation sites (tertiary alicyclic amines) is 1. The van der Waals surface area contributed by atoms with Crippen molar-refractivity contribution in [1.82, 2.24) is 19.9 Å². The van der Waals surface area contributed by atoms with Crippen molar-refractivity contribution >= 4 is 16.9 Å². The molecule has 1 aromatic carbocycles. The quantitative estimate of drug-likeness (QED) is 0.766. The highest BCUT2D eigenvalue weighted by molar-refractivity contribution is 5.97. The topological polar surface area (TPSA) is 69.5 Å². The van der Waals surface area contributed by atoms with Crippen LogP contribution < -0.4 is 0 Å². The van der Waals surface area contributed by atoms with Crippen LogP contribution in [0.2, 0.25) is 0 Å². The molecule has 7 nitrogen and oxygen atoms in total. The molecule has 1 aliphatic heterocycles. The van der Waals surface area contributed by atoms with E-state index in [1.165, 1.54) is 0 Å². The van der Waals surface area contributed by atoms with E-state index in [2.05, 4.69) is 10.3 Å². The van der Waals surface area contributed by atoms with Crippen LogP contribution in [0.15, 0.2) is 18.2 Å². The summed E-state index contributed by atoms with van der Waals surface area (Å²) in [5.41, 5.74) is 2.31. The Morgan fingerprint density at radius 2 is 2.27 bits per heavy atom. The van der Waals surface area contributed by atoms with E-state index >= 15 is 0 Å². The fourth-order valence-corrected chi connectivity index (χ4v) is 2.69.